The van der Waals surface area contributed by atoms with Crippen molar-refractivity contribution in [1.29, 1.82) is 0 Å². The average molecular weight is 278 g/mol. The van der Waals surface area contributed by atoms with E-state index in [9.17, 15) is 14.7 Å². The van der Waals surface area contributed by atoms with E-state index < -0.39 is 18.0 Å². The van der Waals surface area contributed by atoms with Crippen LogP contribution in [0.5, 0.6) is 0 Å². The number of nitrogens with zero attached hydrogens (tertiary/aromatic N) is 1. The van der Waals surface area contributed by atoms with Crippen LogP contribution in [0.25, 0.3) is 0 Å². The maximum absolute atomic E-state index is 12.1. The van der Waals surface area contributed by atoms with Crippen LogP contribution in [0, 0.1) is 5.41 Å². The van der Waals surface area contributed by atoms with Gasteiger partial charge < -0.3 is 15.3 Å². The molecule has 1 atom stereocenters. The molecule has 0 heterocycles. The Kier molecular flexibility index (Phi) is 5.13. The predicted octanol–water partition coefficient (Wildman–Crippen LogP) is 2.50. The van der Waals surface area contributed by atoms with Crippen molar-refractivity contribution in [1.82, 2.24) is 10.2 Å². The molecule has 0 spiro atoms. The third-order valence-corrected chi connectivity index (χ3v) is 2.71. The number of hydrogen-bond donors (Lipinski definition) is 2. The lowest BCUT2D eigenvalue weighted by Gasteiger charge is -2.28. The third-order valence-electron chi connectivity index (χ3n) is 2.71. The number of hydrogen-bond acceptors (Lipinski definition) is 2. The SMILES string of the molecule is CN(CC(C)(C)C)C(=O)N[C@H](C(=O)O)c1ccccc1. The molecule has 2 N–H and O–H groups in total. The number of carboxylic acids is 1. The lowest BCUT2D eigenvalue weighted by atomic mass is 9.96. The number of carboxylic acid groups (broad SMARTS) is 1. The van der Waals surface area contributed by atoms with Crippen molar-refractivity contribution in [2.24, 2.45) is 5.41 Å². The first-order valence-corrected chi connectivity index (χ1v) is 6.50. The molecule has 5 nitrogen and oxygen atoms in total. The quantitative estimate of drug-likeness (QED) is 0.889. The molecule has 0 fully saturated rings. The monoisotopic (exact) mass is 278 g/mol. The molecule has 0 aromatic heterocycles. The zero-order valence-electron chi connectivity index (χ0n) is 12.4. The van der Waals surface area contributed by atoms with Crippen LogP contribution in [-0.4, -0.2) is 35.6 Å². The Morgan fingerprint density at radius 1 is 1.25 bits per heavy atom. The molecule has 1 aromatic rings. The largest absolute Gasteiger partial charge is 0.479 e. The number of carbonyl (C=O) groups is 2. The average Bonchev–Trinajstić information content (AvgIpc) is 2.34. The van der Waals surface area contributed by atoms with E-state index in [0.29, 0.717) is 12.1 Å². The second-order valence-electron chi connectivity index (χ2n) is 6.05. The second kappa shape index (κ2) is 6.41. The number of benzene rings is 1. The Bertz CT molecular complexity index is 466. The van der Waals surface area contributed by atoms with E-state index in [0.717, 1.165) is 0 Å². The van der Waals surface area contributed by atoms with E-state index in [1.165, 1.54) is 4.90 Å². The summed E-state index contributed by atoms with van der Waals surface area (Å²) in [5, 5.41) is 11.8. The summed E-state index contributed by atoms with van der Waals surface area (Å²) in [4.78, 5) is 24.9. The highest BCUT2D eigenvalue weighted by molar-refractivity contribution is 5.83. The Labute approximate surface area is 119 Å². The van der Waals surface area contributed by atoms with Gasteiger partial charge in [-0.1, -0.05) is 51.1 Å². The van der Waals surface area contributed by atoms with Gasteiger partial charge in [0.05, 0.1) is 0 Å². The normalized spacial score (nSPS) is 12.6. The van der Waals surface area contributed by atoms with E-state index in [4.69, 9.17) is 0 Å². The smallest absolute Gasteiger partial charge is 0.330 e. The number of carbonyl (C=O) groups excluding carboxylic acids is 1. The molecule has 0 radical (unpaired) electrons. The van der Waals surface area contributed by atoms with E-state index in [-0.39, 0.29) is 5.41 Å². The van der Waals surface area contributed by atoms with E-state index in [1.54, 1.807) is 37.4 Å². The van der Waals surface area contributed by atoms with Crippen LogP contribution in [0.2, 0.25) is 0 Å². The summed E-state index contributed by atoms with van der Waals surface area (Å²) in [6, 6.07) is 7.23. The summed E-state index contributed by atoms with van der Waals surface area (Å²) in [5.74, 6) is -1.08. The first kappa shape index (κ1) is 16.0. The molecule has 0 aliphatic carbocycles. The van der Waals surface area contributed by atoms with E-state index in [1.807, 2.05) is 20.8 Å². The molecular formula is C15H22N2O3. The summed E-state index contributed by atoms with van der Waals surface area (Å²) < 4.78 is 0. The van der Waals surface area contributed by atoms with Gasteiger partial charge in [0.15, 0.2) is 6.04 Å². The summed E-state index contributed by atoms with van der Waals surface area (Å²) in [6.45, 7) is 6.59. The van der Waals surface area contributed by atoms with Crippen molar-refractivity contribution in [3.05, 3.63) is 35.9 Å². The lowest BCUT2D eigenvalue weighted by Crippen LogP contribution is -2.44. The van der Waals surface area contributed by atoms with Crippen molar-refractivity contribution in [3.8, 4) is 0 Å². The maximum Gasteiger partial charge on any atom is 0.330 e. The second-order valence-corrected chi connectivity index (χ2v) is 6.05. The first-order chi connectivity index (χ1) is 9.20. The van der Waals surface area contributed by atoms with Crippen LogP contribution >= 0.6 is 0 Å². The highest BCUT2D eigenvalue weighted by Gasteiger charge is 2.25. The summed E-state index contributed by atoms with van der Waals surface area (Å²) in [6.07, 6.45) is 0. The molecule has 1 rings (SSSR count). The minimum atomic E-state index is -1.08. The van der Waals surface area contributed by atoms with Gasteiger partial charge in [-0.2, -0.15) is 0 Å². The zero-order valence-corrected chi connectivity index (χ0v) is 12.4. The van der Waals surface area contributed by atoms with Crippen LogP contribution in [-0.2, 0) is 4.79 Å². The van der Waals surface area contributed by atoms with Crippen molar-refractivity contribution >= 4 is 12.0 Å². The van der Waals surface area contributed by atoms with E-state index in [2.05, 4.69) is 5.32 Å². The van der Waals surface area contributed by atoms with Crippen LogP contribution in [0.15, 0.2) is 30.3 Å². The maximum atomic E-state index is 12.1. The lowest BCUT2D eigenvalue weighted by molar-refractivity contribution is -0.139. The predicted molar refractivity (Wildman–Crippen MR) is 77.4 cm³/mol. The Morgan fingerprint density at radius 3 is 2.25 bits per heavy atom. The molecule has 0 unspecified atom stereocenters. The topological polar surface area (TPSA) is 69.6 Å². The van der Waals surface area contributed by atoms with Gasteiger partial charge >= 0.3 is 12.0 Å². The van der Waals surface area contributed by atoms with Gasteiger partial charge in [-0.15, -0.1) is 0 Å². The molecule has 0 saturated carbocycles. The van der Waals surface area contributed by atoms with Crippen molar-refractivity contribution in [2.75, 3.05) is 13.6 Å². The van der Waals surface area contributed by atoms with Crippen LogP contribution in [0.1, 0.15) is 32.4 Å². The first-order valence-electron chi connectivity index (χ1n) is 6.50. The van der Waals surface area contributed by atoms with Gasteiger partial charge in [-0.05, 0) is 11.0 Å². The minimum Gasteiger partial charge on any atom is -0.479 e. The Balaban J connectivity index is 2.77. The summed E-state index contributed by atoms with van der Waals surface area (Å²) in [7, 11) is 1.66. The van der Waals surface area contributed by atoms with Gasteiger partial charge in [-0.3, -0.25) is 0 Å². The molecule has 0 saturated heterocycles. The standard InChI is InChI=1S/C15H22N2O3/c1-15(2,3)10-17(4)14(20)16-12(13(18)19)11-8-6-5-7-9-11/h5-9,12H,10H2,1-4H3,(H,16,20)(H,18,19)/t12-/m0/s1. The van der Waals surface area contributed by atoms with Crippen molar-refractivity contribution in [2.45, 2.75) is 26.8 Å². The summed E-state index contributed by atoms with van der Waals surface area (Å²) >= 11 is 0. The van der Waals surface area contributed by atoms with E-state index >= 15 is 0 Å². The number of urea groups is 1. The van der Waals surface area contributed by atoms with Gasteiger partial charge in [0.25, 0.3) is 0 Å². The van der Waals surface area contributed by atoms with Crippen molar-refractivity contribution in [3.63, 3.8) is 0 Å². The van der Waals surface area contributed by atoms with Crippen LogP contribution in [0.3, 0.4) is 0 Å². The molecule has 110 valence electrons. The Morgan fingerprint density at radius 2 is 1.80 bits per heavy atom. The Hall–Kier alpha value is -2.04. The van der Waals surface area contributed by atoms with Crippen LogP contribution in [0.4, 0.5) is 4.79 Å². The van der Waals surface area contributed by atoms with Crippen LogP contribution < -0.4 is 5.32 Å². The van der Waals surface area contributed by atoms with Crippen molar-refractivity contribution < 1.29 is 14.7 Å². The summed E-state index contributed by atoms with van der Waals surface area (Å²) in [5.41, 5.74) is 0.509. The highest BCUT2D eigenvalue weighted by Crippen LogP contribution is 2.16. The number of nitrogens with one attached hydrogen (secondary N) is 1. The molecule has 2 amide bonds. The molecule has 0 aliphatic rings. The fraction of sp³-hybridized carbons (Fsp3) is 0.467. The van der Waals surface area contributed by atoms with Gasteiger partial charge in [-0.25, -0.2) is 9.59 Å². The minimum absolute atomic E-state index is 0.0441. The molecule has 0 aliphatic heterocycles. The molecule has 1 aromatic carbocycles. The number of aliphatic carboxylic acids is 1. The molecule has 5 heteroatoms. The molecule has 20 heavy (non-hydrogen) atoms. The number of amides is 2. The van der Waals surface area contributed by atoms with Gasteiger partial charge in [0, 0.05) is 13.6 Å². The molecule has 0 bridgehead atoms. The molecular weight excluding hydrogens is 256 g/mol. The van der Waals surface area contributed by atoms with Gasteiger partial charge in [0.2, 0.25) is 0 Å². The number of rotatable bonds is 4. The third kappa shape index (κ3) is 4.91. The fourth-order valence-corrected chi connectivity index (χ4v) is 1.95. The van der Waals surface area contributed by atoms with Gasteiger partial charge in [0.1, 0.15) is 0 Å². The zero-order chi connectivity index (χ0) is 15.3. The fourth-order valence-electron chi connectivity index (χ4n) is 1.95. The highest BCUT2D eigenvalue weighted by atomic mass is 16.4.